The summed E-state index contributed by atoms with van der Waals surface area (Å²) in [5, 5.41) is 3.43. The molecule has 0 amide bonds. The van der Waals surface area contributed by atoms with E-state index in [2.05, 4.69) is 5.32 Å². The predicted octanol–water partition coefficient (Wildman–Crippen LogP) is 4.56. The van der Waals surface area contributed by atoms with Crippen LogP contribution in [0, 0.1) is 11.6 Å². The van der Waals surface area contributed by atoms with Gasteiger partial charge in [-0.1, -0.05) is 18.5 Å². The fourth-order valence-corrected chi connectivity index (χ4v) is 2.22. The Morgan fingerprint density at radius 1 is 1.21 bits per heavy atom. The maximum absolute atomic E-state index is 13.4. The van der Waals surface area contributed by atoms with Crippen molar-refractivity contribution in [1.29, 1.82) is 0 Å². The van der Waals surface area contributed by atoms with Crippen molar-refractivity contribution in [2.75, 3.05) is 6.54 Å². The predicted molar refractivity (Wildman–Crippen MR) is 70.6 cm³/mol. The zero-order valence-corrected chi connectivity index (χ0v) is 11.5. The highest BCUT2D eigenvalue weighted by Gasteiger charge is 2.21. The molecular formula is C13H11Cl2F2NO. The quantitative estimate of drug-likeness (QED) is 0.837. The molecule has 1 unspecified atom stereocenters. The fourth-order valence-electron chi connectivity index (χ4n) is 1.81. The van der Waals surface area contributed by atoms with Gasteiger partial charge in [0.15, 0.2) is 16.9 Å². The van der Waals surface area contributed by atoms with Gasteiger partial charge in [-0.2, -0.15) is 0 Å². The lowest BCUT2D eigenvalue weighted by Gasteiger charge is -2.17. The lowest BCUT2D eigenvalue weighted by Crippen LogP contribution is -2.22. The molecule has 2 aromatic rings. The Morgan fingerprint density at radius 3 is 2.47 bits per heavy atom. The molecule has 1 atom stereocenters. The smallest absolute Gasteiger partial charge is 0.193 e. The molecule has 0 aliphatic rings. The molecular weight excluding hydrogens is 295 g/mol. The van der Waals surface area contributed by atoms with Gasteiger partial charge in [-0.05, 0) is 48.0 Å². The van der Waals surface area contributed by atoms with Gasteiger partial charge in [0.2, 0.25) is 0 Å². The Hall–Kier alpha value is -1.10. The van der Waals surface area contributed by atoms with E-state index in [1.54, 1.807) is 12.1 Å². The van der Waals surface area contributed by atoms with Gasteiger partial charge in [0.25, 0.3) is 0 Å². The first kappa shape index (κ1) is 14.3. The van der Waals surface area contributed by atoms with Crippen molar-refractivity contribution >= 4 is 23.2 Å². The van der Waals surface area contributed by atoms with Crippen molar-refractivity contribution in [3.8, 4) is 0 Å². The van der Waals surface area contributed by atoms with Crippen molar-refractivity contribution in [3.05, 3.63) is 57.5 Å². The topological polar surface area (TPSA) is 25.2 Å². The third-order valence-corrected chi connectivity index (χ3v) is 3.17. The molecule has 1 aromatic heterocycles. The second kappa shape index (κ2) is 5.90. The van der Waals surface area contributed by atoms with Crippen LogP contribution < -0.4 is 5.32 Å². The number of halogens is 4. The summed E-state index contributed by atoms with van der Waals surface area (Å²) < 4.78 is 31.8. The lowest BCUT2D eigenvalue weighted by atomic mass is 10.0. The van der Waals surface area contributed by atoms with Crippen molar-refractivity contribution in [2.24, 2.45) is 0 Å². The third-order valence-electron chi connectivity index (χ3n) is 2.64. The standard InChI is InChI=1S/C13H11Cl2F2NO/c1-2-18-13(11-3-4-12(15)19-11)7-5-9(16)10(17)6-8(7)14/h3-6,13,18H,2H2,1H3. The maximum Gasteiger partial charge on any atom is 0.193 e. The van der Waals surface area contributed by atoms with Gasteiger partial charge in [-0.3, -0.25) is 0 Å². The van der Waals surface area contributed by atoms with Crippen LogP contribution >= 0.6 is 23.2 Å². The van der Waals surface area contributed by atoms with Crippen LogP contribution in [-0.4, -0.2) is 6.54 Å². The van der Waals surface area contributed by atoms with E-state index in [9.17, 15) is 8.78 Å². The van der Waals surface area contributed by atoms with Crippen LogP contribution in [0.25, 0.3) is 0 Å². The van der Waals surface area contributed by atoms with E-state index in [0.29, 0.717) is 17.9 Å². The largest absolute Gasteiger partial charge is 0.448 e. The van der Waals surface area contributed by atoms with E-state index >= 15 is 0 Å². The minimum atomic E-state index is -0.985. The van der Waals surface area contributed by atoms with E-state index in [0.717, 1.165) is 12.1 Å². The third kappa shape index (κ3) is 3.08. The number of furan rings is 1. The van der Waals surface area contributed by atoms with E-state index in [1.807, 2.05) is 6.92 Å². The van der Waals surface area contributed by atoms with Crippen molar-refractivity contribution in [3.63, 3.8) is 0 Å². The van der Waals surface area contributed by atoms with Gasteiger partial charge in [0, 0.05) is 5.02 Å². The molecule has 1 heterocycles. The molecule has 0 fully saturated rings. The summed E-state index contributed by atoms with van der Waals surface area (Å²) in [7, 11) is 0. The number of benzene rings is 1. The van der Waals surface area contributed by atoms with E-state index in [4.69, 9.17) is 27.6 Å². The first-order chi connectivity index (χ1) is 9.02. The van der Waals surface area contributed by atoms with Gasteiger partial charge in [0.1, 0.15) is 5.76 Å². The Bertz CT molecular complexity index is 586. The Labute approximate surface area is 119 Å². The molecule has 2 nitrogen and oxygen atoms in total. The molecule has 1 aromatic carbocycles. The van der Waals surface area contributed by atoms with E-state index in [-0.39, 0.29) is 10.2 Å². The van der Waals surface area contributed by atoms with Crippen LogP contribution in [0.5, 0.6) is 0 Å². The first-order valence-electron chi connectivity index (χ1n) is 5.66. The van der Waals surface area contributed by atoms with Crippen LogP contribution in [0.2, 0.25) is 10.2 Å². The van der Waals surface area contributed by atoms with Crippen molar-refractivity contribution in [1.82, 2.24) is 5.32 Å². The first-order valence-corrected chi connectivity index (χ1v) is 6.41. The van der Waals surface area contributed by atoms with Crippen LogP contribution in [0.4, 0.5) is 8.78 Å². The highest BCUT2D eigenvalue weighted by molar-refractivity contribution is 6.31. The molecule has 0 bridgehead atoms. The normalized spacial score (nSPS) is 12.7. The molecule has 0 aliphatic heterocycles. The highest BCUT2D eigenvalue weighted by atomic mass is 35.5. The average molecular weight is 306 g/mol. The zero-order chi connectivity index (χ0) is 14.0. The highest BCUT2D eigenvalue weighted by Crippen LogP contribution is 2.31. The summed E-state index contributed by atoms with van der Waals surface area (Å²) in [6, 6.07) is 4.75. The summed E-state index contributed by atoms with van der Waals surface area (Å²) in [4.78, 5) is 0. The second-order valence-electron chi connectivity index (χ2n) is 3.92. The number of nitrogens with one attached hydrogen (secondary N) is 1. The Morgan fingerprint density at radius 2 is 1.89 bits per heavy atom. The van der Waals surface area contributed by atoms with Gasteiger partial charge in [-0.25, -0.2) is 8.78 Å². The van der Waals surface area contributed by atoms with Crippen LogP contribution in [0.15, 0.2) is 28.7 Å². The van der Waals surface area contributed by atoms with Crippen LogP contribution in [0.1, 0.15) is 24.3 Å². The zero-order valence-electron chi connectivity index (χ0n) is 10.0. The van der Waals surface area contributed by atoms with Crippen molar-refractivity contribution < 1.29 is 13.2 Å². The number of rotatable bonds is 4. The maximum atomic E-state index is 13.4. The van der Waals surface area contributed by atoms with Gasteiger partial charge >= 0.3 is 0 Å². The van der Waals surface area contributed by atoms with Gasteiger partial charge < -0.3 is 9.73 Å². The van der Waals surface area contributed by atoms with Crippen LogP contribution in [0.3, 0.4) is 0 Å². The molecule has 102 valence electrons. The monoisotopic (exact) mass is 305 g/mol. The molecule has 0 radical (unpaired) electrons. The summed E-state index contributed by atoms with van der Waals surface area (Å²) in [6.07, 6.45) is 0. The minimum absolute atomic E-state index is 0.123. The second-order valence-corrected chi connectivity index (χ2v) is 4.70. The average Bonchev–Trinajstić information content (AvgIpc) is 2.78. The van der Waals surface area contributed by atoms with Crippen molar-refractivity contribution in [2.45, 2.75) is 13.0 Å². The Balaban J connectivity index is 2.47. The van der Waals surface area contributed by atoms with Crippen LogP contribution in [-0.2, 0) is 0 Å². The minimum Gasteiger partial charge on any atom is -0.448 e. The van der Waals surface area contributed by atoms with Gasteiger partial charge in [-0.15, -0.1) is 0 Å². The molecule has 0 saturated carbocycles. The van der Waals surface area contributed by atoms with E-state index in [1.165, 1.54) is 0 Å². The fraction of sp³-hybridized carbons (Fsp3) is 0.231. The summed E-state index contributed by atoms with van der Waals surface area (Å²) in [5.74, 6) is -1.46. The molecule has 1 N–H and O–H groups in total. The number of hydrogen-bond acceptors (Lipinski definition) is 2. The molecule has 2 rings (SSSR count). The number of hydrogen-bond donors (Lipinski definition) is 1. The van der Waals surface area contributed by atoms with E-state index < -0.39 is 17.7 Å². The molecule has 6 heteroatoms. The molecule has 0 aliphatic carbocycles. The Kier molecular flexibility index (Phi) is 4.45. The molecule has 0 spiro atoms. The summed E-state index contributed by atoms with van der Waals surface area (Å²) >= 11 is 11.7. The molecule has 0 saturated heterocycles. The molecule has 19 heavy (non-hydrogen) atoms. The lowest BCUT2D eigenvalue weighted by molar-refractivity contribution is 0.449. The summed E-state index contributed by atoms with van der Waals surface area (Å²) in [6.45, 7) is 2.48. The van der Waals surface area contributed by atoms with Gasteiger partial charge in [0.05, 0.1) is 6.04 Å². The SMILES string of the molecule is CCNC(c1ccc(Cl)o1)c1cc(F)c(F)cc1Cl. The summed E-state index contributed by atoms with van der Waals surface area (Å²) in [5.41, 5.74) is 0.397.